The van der Waals surface area contributed by atoms with Gasteiger partial charge in [-0.15, -0.1) is 0 Å². The van der Waals surface area contributed by atoms with Crippen molar-refractivity contribution in [2.24, 2.45) is 5.41 Å². The number of para-hydroxylation sites is 1. The number of piperidine rings is 1. The van der Waals surface area contributed by atoms with Crippen molar-refractivity contribution in [2.45, 2.75) is 38.3 Å². The monoisotopic (exact) mass is 531 g/mol. The highest BCUT2D eigenvalue weighted by Crippen LogP contribution is 2.38. The Morgan fingerprint density at radius 2 is 1.61 bits per heavy atom. The number of nitrogens with zero attached hydrogens (tertiary/aromatic N) is 2. The topological polar surface area (TPSA) is 79.0 Å². The minimum absolute atomic E-state index is 0.0460. The lowest BCUT2D eigenvalue weighted by Crippen LogP contribution is -2.49. The number of rotatable bonds is 2. The van der Waals surface area contributed by atoms with E-state index in [1.54, 1.807) is 41.1 Å². The van der Waals surface area contributed by atoms with Crippen LogP contribution in [-0.4, -0.2) is 67.4 Å². The van der Waals surface area contributed by atoms with Gasteiger partial charge in [0.2, 0.25) is 5.91 Å². The third-order valence-electron chi connectivity index (χ3n) is 7.53. The predicted molar refractivity (Wildman–Crippen MR) is 135 cm³/mol. The average molecular weight is 532 g/mol. The lowest BCUT2D eigenvalue weighted by Gasteiger charge is -2.40. The molecule has 0 aliphatic carbocycles. The first-order chi connectivity index (χ1) is 18.1. The Hall–Kier alpha value is -3.56. The van der Waals surface area contributed by atoms with E-state index in [1.807, 2.05) is 0 Å². The van der Waals surface area contributed by atoms with Crippen LogP contribution in [0.1, 0.15) is 58.4 Å². The SMILES string of the molecule is CNC(=O)C12CCCCN(C(=O)c3ccc(C(F)(F)F)cc3)CCOc3ccccc3C(=O)N(CC1)CC2. The summed E-state index contributed by atoms with van der Waals surface area (Å²) in [6, 6.07) is 11.1. The summed E-state index contributed by atoms with van der Waals surface area (Å²) < 4.78 is 44.9. The van der Waals surface area contributed by atoms with Gasteiger partial charge in [0, 0.05) is 32.2 Å². The molecule has 3 aliphatic heterocycles. The van der Waals surface area contributed by atoms with Crippen LogP contribution in [0.2, 0.25) is 0 Å². The minimum Gasteiger partial charge on any atom is -0.491 e. The number of hydrogen-bond acceptors (Lipinski definition) is 4. The fourth-order valence-electron chi connectivity index (χ4n) is 5.26. The Kier molecular flexibility index (Phi) is 8.28. The number of alkyl halides is 3. The molecular formula is C28H32F3N3O4. The molecule has 0 atom stereocenters. The van der Waals surface area contributed by atoms with Gasteiger partial charge in [0.05, 0.1) is 23.1 Å². The molecule has 2 aromatic carbocycles. The largest absolute Gasteiger partial charge is 0.491 e. The van der Waals surface area contributed by atoms with E-state index in [9.17, 15) is 27.6 Å². The Morgan fingerprint density at radius 3 is 2.26 bits per heavy atom. The quantitative estimate of drug-likeness (QED) is 0.624. The first kappa shape index (κ1) is 27.5. The summed E-state index contributed by atoms with van der Waals surface area (Å²) in [6.07, 6.45) is -1.50. The summed E-state index contributed by atoms with van der Waals surface area (Å²) in [5.74, 6) is -0.213. The number of benzene rings is 2. The molecule has 0 saturated carbocycles. The molecule has 1 fully saturated rings. The molecule has 3 amide bonds. The van der Waals surface area contributed by atoms with Gasteiger partial charge >= 0.3 is 6.18 Å². The van der Waals surface area contributed by atoms with Crippen molar-refractivity contribution < 1.29 is 32.3 Å². The highest BCUT2D eigenvalue weighted by atomic mass is 19.4. The average Bonchev–Trinajstić information content (AvgIpc) is 2.93. The zero-order valence-electron chi connectivity index (χ0n) is 21.4. The summed E-state index contributed by atoms with van der Waals surface area (Å²) in [5, 5.41) is 2.78. The molecule has 0 unspecified atom stereocenters. The molecule has 10 heteroatoms. The van der Waals surface area contributed by atoms with Gasteiger partial charge in [-0.2, -0.15) is 13.2 Å². The van der Waals surface area contributed by atoms with Crippen molar-refractivity contribution >= 4 is 17.7 Å². The molecule has 2 aromatic rings. The molecule has 3 heterocycles. The van der Waals surface area contributed by atoms with Crippen molar-refractivity contribution in [2.75, 3.05) is 39.8 Å². The summed E-state index contributed by atoms with van der Waals surface area (Å²) >= 11 is 0. The zero-order valence-corrected chi connectivity index (χ0v) is 21.4. The van der Waals surface area contributed by atoms with Crippen molar-refractivity contribution in [1.82, 2.24) is 15.1 Å². The van der Waals surface area contributed by atoms with E-state index in [1.165, 1.54) is 12.1 Å². The standard InChI is InChI=1S/C28H32F3N3O4/c1-32-26(37)27-12-4-5-15-33(24(35)20-8-10-21(11-9-20)28(29,30)31)18-19-38-23-7-3-2-6-22(23)25(36)34(16-13-27)17-14-27/h2-3,6-11H,4-5,12-19H2,1H3,(H,32,37). The maximum absolute atomic E-state index is 13.3. The normalized spacial score (nSPS) is 18.6. The highest BCUT2D eigenvalue weighted by Gasteiger charge is 2.41. The first-order valence-electron chi connectivity index (χ1n) is 12.8. The van der Waals surface area contributed by atoms with E-state index >= 15 is 0 Å². The number of nitrogens with one attached hydrogen (secondary N) is 1. The second kappa shape index (κ2) is 11.4. The van der Waals surface area contributed by atoms with Crippen molar-refractivity contribution in [1.29, 1.82) is 0 Å². The van der Waals surface area contributed by atoms with Gasteiger partial charge in [-0.1, -0.05) is 18.6 Å². The number of fused-ring (bicyclic) bond motifs is 9. The molecular weight excluding hydrogens is 499 g/mol. The molecule has 7 nitrogen and oxygen atoms in total. The molecule has 0 spiro atoms. The first-order valence-corrected chi connectivity index (χ1v) is 12.8. The molecule has 38 heavy (non-hydrogen) atoms. The van der Waals surface area contributed by atoms with Crippen LogP contribution >= 0.6 is 0 Å². The maximum Gasteiger partial charge on any atom is 0.416 e. The number of carbonyl (C=O) groups excluding carboxylic acids is 3. The number of ether oxygens (including phenoxy) is 1. The summed E-state index contributed by atoms with van der Waals surface area (Å²) in [7, 11) is 1.61. The van der Waals surface area contributed by atoms with E-state index in [2.05, 4.69) is 5.32 Å². The molecule has 1 N–H and O–H groups in total. The summed E-state index contributed by atoms with van der Waals surface area (Å²) in [6.45, 7) is 1.57. The molecule has 2 bridgehead atoms. The molecule has 1 saturated heterocycles. The van der Waals surface area contributed by atoms with Gasteiger partial charge in [-0.25, -0.2) is 0 Å². The van der Waals surface area contributed by atoms with E-state index in [0.717, 1.165) is 12.1 Å². The Bertz CT molecular complexity index is 1160. The van der Waals surface area contributed by atoms with Crippen LogP contribution in [0.5, 0.6) is 5.75 Å². The van der Waals surface area contributed by atoms with E-state index in [4.69, 9.17) is 4.74 Å². The van der Waals surface area contributed by atoms with E-state index in [0.29, 0.717) is 63.1 Å². The van der Waals surface area contributed by atoms with Gasteiger partial charge in [0.25, 0.3) is 11.8 Å². The third kappa shape index (κ3) is 5.95. The van der Waals surface area contributed by atoms with Crippen LogP contribution in [0.25, 0.3) is 0 Å². The Balaban J connectivity index is 1.58. The van der Waals surface area contributed by atoms with Crippen LogP contribution in [0, 0.1) is 5.41 Å². The zero-order chi connectivity index (χ0) is 27.3. The number of carbonyl (C=O) groups is 3. The molecule has 3 aliphatic rings. The van der Waals surface area contributed by atoms with Gasteiger partial charge < -0.3 is 19.9 Å². The van der Waals surface area contributed by atoms with Crippen molar-refractivity contribution in [3.63, 3.8) is 0 Å². The minimum atomic E-state index is -4.49. The number of amides is 3. The lowest BCUT2D eigenvalue weighted by atomic mass is 9.73. The molecule has 0 radical (unpaired) electrons. The van der Waals surface area contributed by atoms with Crippen LogP contribution in [0.3, 0.4) is 0 Å². The molecule has 204 valence electrons. The van der Waals surface area contributed by atoms with Crippen LogP contribution in [-0.2, 0) is 11.0 Å². The highest BCUT2D eigenvalue weighted by molar-refractivity contribution is 5.97. The molecule has 0 aromatic heterocycles. The fraction of sp³-hybridized carbons (Fsp3) is 0.464. The van der Waals surface area contributed by atoms with Crippen LogP contribution in [0.15, 0.2) is 48.5 Å². The van der Waals surface area contributed by atoms with Gasteiger partial charge in [0.1, 0.15) is 12.4 Å². The fourth-order valence-corrected chi connectivity index (χ4v) is 5.26. The molecule has 5 rings (SSSR count). The van der Waals surface area contributed by atoms with E-state index < -0.39 is 23.1 Å². The van der Waals surface area contributed by atoms with Crippen LogP contribution < -0.4 is 10.1 Å². The third-order valence-corrected chi connectivity index (χ3v) is 7.53. The lowest BCUT2D eigenvalue weighted by molar-refractivity contribution is -0.137. The van der Waals surface area contributed by atoms with Crippen molar-refractivity contribution in [3.05, 3.63) is 65.2 Å². The predicted octanol–water partition coefficient (Wildman–Crippen LogP) is 4.38. The van der Waals surface area contributed by atoms with Crippen molar-refractivity contribution in [3.8, 4) is 5.75 Å². The van der Waals surface area contributed by atoms with Crippen LogP contribution in [0.4, 0.5) is 13.2 Å². The second-order valence-corrected chi connectivity index (χ2v) is 9.82. The maximum atomic E-state index is 13.3. The smallest absolute Gasteiger partial charge is 0.416 e. The Labute approximate surface area is 219 Å². The van der Waals surface area contributed by atoms with Gasteiger partial charge in [-0.05, 0) is 62.1 Å². The van der Waals surface area contributed by atoms with Gasteiger partial charge in [0.15, 0.2) is 0 Å². The number of halogens is 3. The number of hydrogen-bond donors (Lipinski definition) is 1. The summed E-state index contributed by atoms with van der Waals surface area (Å²) in [5.41, 5.74) is -0.847. The second-order valence-electron chi connectivity index (χ2n) is 9.82. The van der Waals surface area contributed by atoms with Gasteiger partial charge in [-0.3, -0.25) is 14.4 Å². The van der Waals surface area contributed by atoms with E-state index in [-0.39, 0.29) is 30.5 Å². The Morgan fingerprint density at radius 1 is 0.921 bits per heavy atom. The summed E-state index contributed by atoms with van der Waals surface area (Å²) in [4.78, 5) is 42.8.